The summed E-state index contributed by atoms with van der Waals surface area (Å²) in [6, 6.07) is 14.4. The van der Waals surface area contributed by atoms with Crippen molar-refractivity contribution >= 4 is 15.9 Å². The van der Waals surface area contributed by atoms with E-state index in [0.717, 1.165) is 30.4 Å². The van der Waals surface area contributed by atoms with Gasteiger partial charge in [-0.25, -0.2) is 8.42 Å². The standard InChI is InChI=1S/C23H30N2O4S/c1-18-10-12-21(13-11-18)30(27,28)25-16-6-5-8-20(25)14-15-24-23(26)17-29-22-9-4-3-7-19(22)2/h3-4,7,9-13,20H,5-6,8,14-17H2,1-2H3,(H,24,26). The van der Waals surface area contributed by atoms with E-state index in [1.165, 1.54) is 0 Å². The molecule has 1 saturated heterocycles. The highest BCUT2D eigenvalue weighted by molar-refractivity contribution is 7.89. The number of hydrogen-bond donors (Lipinski definition) is 1. The molecule has 2 aromatic rings. The summed E-state index contributed by atoms with van der Waals surface area (Å²) >= 11 is 0. The highest BCUT2D eigenvalue weighted by Crippen LogP contribution is 2.27. The van der Waals surface area contributed by atoms with E-state index < -0.39 is 10.0 Å². The van der Waals surface area contributed by atoms with Gasteiger partial charge in [-0.15, -0.1) is 0 Å². The van der Waals surface area contributed by atoms with Crippen LogP contribution in [0.15, 0.2) is 53.4 Å². The summed E-state index contributed by atoms with van der Waals surface area (Å²) < 4.78 is 33.4. The number of amides is 1. The number of nitrogens with one attached hydrogen (secondary N) is 1. The van der Waals surface area contributed by atoms with E-state index in [-0.39, 0.29) is 18.6 Å². The van der Waals surface area contributed by atoms with E-state index >= 15 is 0 Å². The molecule has 1 amide bonds. The number of hydrogen-bond acceptors (Lipinski definition) is 4. The van der Waals surface area contributed by atoms with Crippen molar-refractivity contribution in [1.82, 2.24) is 9.62 Å². The molecule has 0 spiro atoms. The first kappa shape index (κ1) is 22.3. The number of para-hydroxylation sites is 1. The maximum atomic E-state index is 13.1. The molecule has 0 bridgehead atoms. The molecule has 1 N–H and O–H groups in total. The third-order valence-electron chi connectivity index (χ3n) is 5.45. The summed E-state index contributed by atoms with van der Waals surface area (Å²) in [4.78, 5) is 12.5. The van der Waals surface area contributed by atoms with E-state index in [9.17, 15) is 13.2 Å². The summed E-state index contributed by atoms with van der Waals surface area (Å²) in [5.41, 5.74) is 2.00. The van der Waals surface area contributed by atoms with E-state index in [0.29, 0.717) is 30.2 Å². The molecule has 7 heteroatoms. The van der Waals surface area contributed by atoms with Crippen LogP contribution in [0.1, 0.15) is 36.8 Å². The minimum Gasteiger partial charge on any atom is -0.484 e. The van der Waals surface area contributed by atoms with Crippen molar-refractivity contribution in [2.24, 2.45) is 0 Å². The fourth-order valence-electron chi connectivity index (χ4n) is 3.72. The molecule has 0 aliphatic carbocycles. The number of rotatable bonds is 8. The van der Waals surface area contributed by atoms with Crippen molar-refractivity contribution in [2.75, 3.05) is 19.7 Å². The fourth-order valence-corrected chi connectivity index (χ4v) is 5.44. The van der Waals surface area contributed by atoms with Gasteiger partial charge in [0.05, 0.1) is 4.90 Å². The molecule has 1 atom stereocenters. The molecule has 1 aliphatic heterocycles. The van der Waals surface area contributed by atoms with Gasteiger partial charge in [0.15, 0.2) is 6.61 Å². The Morgan fingerprint density at radius 2 is 1.83 bits per heavy atom. The first-order valence-corrected chi connectivity index (χ1v) is 11.9. The lowest BCUT2D eigenvalue weighted by atomic mass is 10.0. The molecule has 1 aliphatic rings. The number of aryl methyl sites for hydroxylation is 2. The van der Waals surface area contributed by atoms with Crippen molar-refractivity contribution in [1.29, 1.82) is 0 Å². The monoisotopic (exact) mass is 430 g/mol. The highest BCUT2D eigenvalue weighted by Gasteiger charge is 2.33. The highest BCUT2D eigenvalue weighted by atomic mass is 32.2. The van der Waals surface area contributed by atoms with Gasteiger partial charge >= 0.3 is 0 Å². The summed E-state index contributed by atoms with van der Waals surface area (Å²) in [5.74, 6) is 0.484. The summed E-state index contributed by atoms with van der Waals surface area (Å²) in [6.07, 6.45) is 3.25. The van der Waals surface area contributed by atoms with Gasteiger partial charge in [-0.2, -0.15) is 4.31 Å². The van der Waals surface area contributed by atoms with Crippen LogP contribution in [-0.4, -0.2) is 44.4 Å². The average molecular weight is 431 g/mol. The number of carbonyl (C=O) groups excluding carboxylic acids is 1. The van der Waals surface area contributed by atoms with Gasteiger partial charge in [0.25, 0.3) is 5.91 Å². The van der Waals surface area contributed by atoms with Crippen molar-refractivity contribution in [2.45, 2.75) is 50.5 Å². The number of sulfonamides is 1. The Kier molecular flexibility index (Phi) is 7.50. The minimum absolute atomic E-state index is 0.0547. The van der Waals surface area contributed by atoms with Crippen LogP contribution >= 0.6 is 0 Å². The largest absolute Gasteiger partial charge is 0.484 e. The summed E-state index contributed by atoms with van der Waals surface area (Å²) in [5, 5.41) is 2.85. The fraction of sp³-hybridized carbons (Fsp3) is 0.435. The molecule has 6 nitrogen and oxygen atoms in total. The number of carbonyl (C=O) groups is 1. The van der Waals surface area contributed by atoms with Gasteiger partial charge in [0.1, 0.15) is 5.75 Å². The van der Waals surface area contributed by atoms with Gasteiger partial charge in [-0.3, -0.25) is 4.79 Å². The molecule has 0 radical (unpaired) electrons. The Morgan fingerprint density at radius 3 is 2.57 bits per heavy atom. The second-order valence-corrected chi connectivity index (χ2v) is 9.66. The molecular weight excluding hydrogens is 400 g/mol. The van der Waals surface area contributed by atoms with E-state index in [1.54, 1.807) is 16.4 Å². The van der Waals surface area contributed by atoms with Crippen molar-refractivity contribution in [3.05, 3.63) is 59.7 Å². The van der Waals surface area contributed by atoms with Crippen LogP contribution in [0.25, 0.3) is 0 Å². The van der Waals surface area contributed by atoms with Crippen LogP contribution in [0, 0.1) is 13.8 Å². The molecule has 1 fully saturated rings. The quantitative estimate of drug-likeness (QED) is 0.696. The van der Waals surface area contributed by atoms with Crippen LogP contribution in [-0.2, 0) is 14.8 Å². The Balaban J connectivity index is 1.53. The normalized spacial score (nSPS) is 17.5. The molecule has 162 valence electrons. The van der Waals surface area contributed by atoms with E-state index in [4.69, 9.17) is 4.74 Å². The minimum atomic E-state index is -3.53. The van der Waals surface area contributed by atoms with Crippen molar-refractivity contribution < 1.29 is 17.9 Å². The first-order valence-electron chi connectivity index (χ1n) is 10.4. The van der Waals surface area contributed by atoms with Crippen LogP contribution in [0.3, 0.4) is 0 Å². The average Bonchev–Trinajstić information content (AvgIpc) is 2.74. The maximum Gasteiger partial charge on any atom is 0.257 e. The Bertz CT molecular complexity index is 957. The summed E-state index contributed by atoms with van der Waals surface area (Å²) in [7, 11) is -3.53. The number of ether oxygens (including phenoxy) is 1. The van der Waals surface area contributed by atoms with Crippen LogP contribution in [0.4, 0.5) is 0 Å². The molecule has 1 heterocycles. The Hall–Kier alpha value is -2.38. The van der Waals surface area contributed by atoms with E-state index in [2.05, 4.69) is 5.32 Å². The molecular formula is C23H30N2O4S. The zero-order valence-corrected chi connectivity index (χ0v) is 18.5. The van der Waals surface area contributed by atoms with Gasteiger partial charge in [-0.05, 0) is 56.9 Å². The molecule has 0 saturated carbocycles. The predicted octanol–water partition coefficient (Wildman–Crippen LogP) is 3.43. The van der Waals surface area contributed by atoms with Crippen LogP contribution in [0.2, 0.25) is 0 Å². The molecule has 3 rings (SSSR count). The maximum absolute atomic E-state index is 13.1. The smallest absolute Gasteiger partial charge is 0.257 e. The molecule has 2 aromatic carbocycles. The lowest BCUT2D eigenvalue weighted by Crippen LogP contribution is -2.45. The van der Waals surface area contributed by atoms with Crippen LogP contribution < -0.4 is 10.1 Å². The first-order chi connectivity index (χ1) is 14.4. The lowest BCUT2D eigenvalue weighted by Gasteiger charge is -2.34. The van der Waals surface area contributed by atoms with E-state index in [1.807, 2.05) is 50.2 Å². The zero-order chi connectivity index (χ0) is 21.6. The van der Waals surface area contributed by atoms with Crippen molar-refractivity contribution in [3.8, 4) is 5.75 Å². The zero-order valence-electron chi connectivity index (χ0n) is 17.6. The lowest BCUT2D eigenvalue weighted by molar-refractivity contribution is -0.123. The Labute approximate surface area is 179 Å². The second kappa shape index (κ2) is 10.1. The third-order valence-corrected chi connectivity index (χ3v) is 7.42. The third kappa shape index (κ3) is 5.61. The van der Waals surface area contributed by atoms with Gasteiger partial charge in [0, 0.05) is 19.1 Å². The van der Waals surface area contributed by atoms with Crippen LogP contribution in [0.5, 0.6) is 5.75 Å². The SMILES string of the molecule is Cc1ccc(S(=O)(=O)N2CCCCC2CCNC(=O)COc2ccccc2C)cc1. The summed E-state index contributed by atoms with van der Waals surface area (Å²) in [6.45, 7) is 4.75. The molecule has 30 heavy (non-hydrogen) atoms. The van der Waals surface area contributed by atoms with Gasteiger partial charge in [-0.1, -0.05) is 42.3 Å². The Morgan fingerprint density at radius 1 is 1.10 bits per heavy atom. The number of nitrogens with zero attached hydrogens (tertiary/aromatic N) is 1. The molecule has 1 unspecified atom stereocenters. The van der Waals surface area contributed by atoms with Crippen molar-refractivity contribution in [3.63, 3.8) is 0 Å². The predicted molar refractivity (Wildman–Crippen MR) is 117 cm³/mol. The second-order valence-electron chi connectivity index (χ2n) is 7.77. The molecule has 0 aromatic heterocycles. The van der Waals surface area contributed by atoms with Gasteiger partial charge < -0.3 is 10.1 Å². The number of benzene rings is 2. The van der Waals surface area contributed by atoms with Gasteiger partial charge in [0.2, 0.25) is 10.0 Å². The topological polar surface area (TPSA) is 75.7 Å². The number of piperidine rings is 1.